The van der Waals surface area contributed by atoms with E-state index in [0.29, 0.717) is 0 Å². The van der Waals surface area contributed by atoms with E-state index < -0.39 is 0 Å². The molecule has 1 atom stereocenters. The molecule has 16 heavy (non-hydrogen) atoms. The third-order valence-electron chi connectivity index (χ3n) is 2.56. The third kappa shape index (κ3) is 5.29. The van der Waals surface area contributed by atoms with Crippen molar-refractivity contribution in [3.05, 3.63) is 35.4 Å². The van der Waals surface area contributed by atoms with Crippen LogP contribution >= 0.6 is 0 Å². The third-order valence-corrected chi connectivity index (χ3v) is 2.56. The highest BCUT2D eigenvalue weighted by Crippen LogP contribution is 2.07. The van der Waals surface area contributed by atoms with E-state index in [0.717, 1.165) is 32.5 Å². The first-order chi connectivity index (χ1) is 7.72. The van der Waals surface area contributed by atoms with Crippen LogP contribution in [-0.4, -0.2) is 19.3 Å². The summed E-state index contributed by atoms with van der Waals surface area (Å²) in [4.78, 5) is 0. The fourth-order valence-corrected chi connectivity index (χ4v) is 1.73. The molecule has 0 amide bonds. The Hall–Kier alpha value is -0.860. The zero-order chi connectivity index (χ0) is 11.8. The Morgan fingerprint density at radius 2 is 2.12 bits per heavy atom. The van der Waals surface area contributed by atoms with Crippen LogP contribution in [0.5, 0.6) is 0 Å². The average molecular weight is 221 g/mol. The Bertz CT molecular complexity index is 299. The maximum absolute atomic E-state index is 6.06. The lowest BCUT2D eigenvalue weighted by molar-refractivity contribution is 0.127. The second-order valence-corrected chi connectivity index (χ2v) is 4.35. The predicted octanol–water partition coefficient (Wildman–Crippen LogP) is 2.68. The Morgan fingerprint density at radius 3 is 2.81 bits per heavy atom. The fraction of sp³-hybridized carbons (Fsp3) is 0.571. The zero-order valence-electron chi connectivity index (χ0n) is 10.4. The van der Waals surface area contributed by atoms with Crippen LogP contribution in [0.4, 0.5) is 0 Å². The Balaban J connectivity index is 2.25. The molecular formula is C14H23NO. The topological polar surface area (TPSA) is 35.2 Å². The van der Waals surface area contributed by atoms with Crippen LogP contribution < -0.4 is 5.73 Å². The van der Waals surface area contributed by atoms with E-state index in [1.54, 1.807) is 0 Å². The van der Waals surface area contributed by atoms with Crippen LogP contribution in [0.3, 0.4) is 0 Å². The molecular weight excluding hydrogens is 198 g/mol. The summed E-state index contributed by atoms with van der Waals surface area (Å²) in [5.74, 6) is 0. The average Bonchev–Trinajstić information content (AvgIpc) is 2.24. The summed E-state index contributed by atoms with van der Waals surface area (Å²) in [5.41, 5.74) is 8.68. The second kappa shape index (κ2) is 7.42. The van der Waals surface area contributed by atoms with Crippen LogP contribution in [0.2, 0.25) is 0 Å². The minimum Gasteiger partial charge on any atom is -0.381 e. The molecule has 0 spiro atoms. The zero-order valence-corrected chi connectivity index (χ0v) is 10.4. The van der Waals surface area contributed by atoms with Crippen LogP contribution in [0, 0.1) is 6.92 Å². The molecule has 0 aromatic heterocycles. The van der Waals surface area contributed by atoms with E-state index in [4.69, 9.17) is 10.5 Å². The molecule has 1 unspecified atom stereocenters. The normalized spacial score (nSPS) is 12.7. The maximum Gasteiger partial charge on any atom is 0.0480 e. The number of benzene rings is 1. The van der Waals surface area contributed by atoms with Gasteiger partial charge in [0.15, 0.2) is 0 Å². The van der Waals surface area contributed by atoms with E-state index in [1.807, 2.05) is 0 Å². The predicted molar refractivity (Wildman–Crippen MR) is 68.6 cm³/mol. The van der Waals surface area contributed by atoms with Gasteiger partial charge in [0.2, 0.25) is 0 Å². The highest BCUT2D eigenvalue weighted by atomic mass is 16.5. The molecule has 0 radical (unpaired) electrons. The number of nitrogens with two attached hydrogens (primary N) is 1. The van der Waals surface area contributed by atoms with Gasteiger partial charge >= 0.3 is 0 Å². The fourth-order valence-electron chi connectivity index (χ4n) is 1.73. The number of hydrogen-bond donors (Lipinski definition) is 1. The number of ether oxygens (including phenoxy) is 1. The van der Waals surface area contributed by atoms with Gasteiger partial charge in [-0.2, -0.15) is 0 Å². The van der Waals surface area contributed by atoms with Gasteiger partial charge in [0.05, 0.1) is 0 Å². The Kier molecular flexibility index (Phi) is 6.12. The Labute approximate surface area is 98.8 Å². The van der Waals surface area contributed by atoms with E-state index in [-0.39, 0.29) is 6.04 Å². The number of rotatable bonds is 7. The largest absolute Gasteiger partial charge is 0.381 e. The first-order valence-electron chi connectivity index (χ1n) is 6.11. The van der Waals surface area contributed by atoms with Gasteiger partial charge in [0.1, 0.15) is 0 Å². The van der Waals surface area contributed by atoms with E-state index >= 15 is 0 Å². The monoisotopic (exact) mass is 221 g/mol. The van der Waals surface area contributed by atoms with Gasteiger partial charge in [-0.3, -0.25) is 0 Å². The molecule has 0 saturated heterocycles. The molecule has 0 aliphatic rings. The van der Waals surface area contributed by atoms with Gasteiger partial charge in [0, 0.05) is 19.3 Å². The maximum atomic E-state index is 6.06. The highest BCUT2D eigenvalue weighted by molar-refractivity contribution is 5.22. The van der Waals surface area contributed by atoms with Crippen molar-refractivity contribution in [2.24, 2.45) is 5.73 Å². The molecule has 0 heterocycles. The second-order valence-electron chi connectivity index (χ2n) is 4.35. The number of hydrogen-bond acceptors (Lipinski definition) is 2. The van der Waals surface area contributed by atoms with Gasteiger partial charge in [-0.15, -0.1) is 0 Å². The lowest BCUT2D eigenvalue weighted by atomic mass is 10.0. The molecule has 0 bridgehead atoms. The molecule has 90 valence electrons. The molecule has 0 fully saturated rings. The molecule has 0 saturated carbocycles. The summed E-state index contributed by atoms with van der Waals surface area (Å²) in [7, 11) is 0. The molecule has 2 nitrogen and oxygen atoms in total. The molecule has 2 N–H and O–H groups in total. The van der Waals surface area contributed by atoms with E-state index in [1.165, 1.54) is 11.1 Å². The summed E-state index contributed by atoms with van der Waals surface area (Å²) in [6.45, 7) is 5.85. The van der Waals surface area contributed by atoms with Crippen molar-refractivity contribution in [2.45, 2.75) is 39.2 Å². The summed E-state index contributed by atoms with van der Waals surface area (Å²) >= 11 is 0. The number of aryl methyl sites for hydroxylation is 1. The minimum absolute atomic E-state index is 0.207. The van der Waals surface area contributed by atoms with Crippen molar-refractivity contribution in [3.63, 3.8) is 0 Å². The van der Waals surface area contributed by atoms with Crippen molar-refractivity contribution >= 4 is 0 Å². The summed E-state index contributed by atoms with van der Waals surface area (Å²) in [6.07, 6.45) is 2.96. The molecule has 1 aromatic rings. The molecule has 0 aliphatic carbocycles. The van der Waals surface area contributed by atoms with Crippen molar-refractivity contribution in [1.29, 1.82) is 0 Å². The van der Waals surface area contributed by atoms with Crippen molar-refractivity contribution in [1.82, 2.24) is 0 Å². The van der Waals surface area contributed by atoms with Gasteiger partial charge < -0.3 is 10.5 Å². The van der Waals surface area contributed by atoms with Gasteiger partial charge in [0.25, 0.3) is 0 Å². The molecule has 0 aliphatic heterocycles. The van der Waals surface area contributed by atoms with Crippen LogP contribution in [-0.2, 0) is 11.2 Å². The summed E-state index contributed by atoms with van der Waals surface area (Å²) in [6, 6.07) is 8.75. The summed E-state index contributed by atoms with van der Waals surface area (Å²) in [5, 5.41) is 0. The summed E-state index contributed by atoms with van der Waals surface area (Å²) < 4.78 is 5.43. The van der Waals surface area contributed by atoms with Crippen LogP contribution in [0.25, 0.3) is 0 Å². The van der Waals surface area contributed by atoms with Gasteiger partial charge in [-0.1, -0.05) is 36.8 Å². The van der Waals surface area contributed by atoms with E-state index in [2.05, 4.69) is 38.1 Å². The van der Waals surface area contributed by atoms with Crippen molar-refractivity contribution in [2.75, 3.05) is 13.2 Å². The van der Waals surface area contributed by atoms with Crippen LogP contribution in [0.1, 0.15) is 30.9 Å². The van der Waals surface area contributed by atoms with Gasteiger partial charge in [-0.05, 0) is 31.7 Å². The molecule has 2 heteroatoms. The van der Waals surface area contributed by atoms with Crippen molar-refractivity contribution in [3.8, 4) is 0 Å². The first-order valence-corrected chi connectivity index (χ1v) is 6.11. The quantitative estimate of drug-likeness (QED) is 0.718. The lowest BCUT2D eigenvalue weighted by Crippen LogP contribution is -2.24. The first kappa shape index (κ1) is 13.2. The van der Waals surface area contributed by atoms with Crippen molar-refractivity contribution < 1.29 is 4.74 Å². The van der Waals surface area contributed by atoms with Gasteiger partial charge in [-0.25, -0.2) is 0 Å². The Morgan fingerprint density at radius 1 is 1.31 bits per heavy atom. The standard InChI is InChI=1S/C14H23NO/c1-3-8-16-9-7-14(15)11-13-6-4-5-12(2)10-13/h4-6,10,14H,3,7-9,11,15H2,1-2H3. The van der Waals surface area contributed by atoms with E-state index in [9.17, 15) is 0 Å². The minimum atomic E-state index is 0.207. The lowest BCUT2D eigenvalue weighted by Gasteiger charge is -2.12. The highest BCUT2D eigenvalue weighted by Gasteiger charge is 2.04. The SMILES string of the molecule is CCCOCCC(N)Cc1cccc(C)c1. The smallest absolute Gasteiger partial charge is 0.0480 e. The molecule has 1 aromatic carbocycles. The molecule has 1 rings (SSSR count). The van der Waals surface area contributed by atoms with Crippen LogP contribution in [0.15, 0.2) is 24.3 Å².